The molecule has 24 heavy (non-hydrogen) atoms. The van der Waals surface area contributed by atoms with Crippen molar-refractivity contribution in [1.82, 2.24) is 10.2 Å². The molecule has 3 aromatic rings. The summed E-state index contributed by atoms with van der Waals surface area (Å²) in [5, 5.41) is 9.75. The molecule has 6 nitrogen and oxygen atoms in total. The molecule has 2 N–H and O–H groups in total. The Labute approximate surface area is 139 Å². The molecular weight excluding hydrogens is 306 g/mol. The van der Waals surface area contributed by atoms with Crippen molar-refractivity contribution in [3.8, 4) is 22.8 Å². The molecule has 0 atom stereocenters. The van der Waals surface area contributed by atoms with Crippen LogP contribution in [0.4, 0.5) is 5.69 Å². The minimum Gasteiger partial charge on any atom is -0.497 e. The number of hydrogen-bond acceptors (Lipinski definition) is 4. The van der Waals surface area contributed by atoms with E-state index in [9.17, 15) is 4.79 Å². The van der Waals surface area contributed by atoms with E-state index in [1.807, 2.05) is 24.3 Å². The van der Waals surface area contributed by atoms with Gasteiger partial charge in [-0.3, -0.25) is 9.89 Å². The molecule has 0 bridgehead atoms. The molecule has 1 amide bonds. The summed E-state index contributed by atoms with van der Waals surface area (Å²) in [5.41, 5.74) is 2.66. The lowest BCUT2D eigenvalue weighted by Crippen LogP contribution is -2.12. The molecule has 0 fully saturated rings. The molecule has 0 saturated carbocycles. The lowest BCUT2D eigenvalue weighted by molar-refractivity contribution is 0.102. The van der Waals surface area contributed by atoms with E-state index >= 15 is 0 Å². The van der Waals surface area contributed by atoms with Gasteiger partial charge in [-0.2, -0.15) is 5.10 Å². The number of carbonyl (C=O) groups excluding carboxylic acids is 1. The van der Waals surface area contributed by atoms with E-state index < -0.39 is 0 Å². The Kier molecular flexibility index (Phi) is 4.47. The van der Waals surface area contributed by atoms with Crippen LogP contribution in [-0.2, 0) is 0 Å². The number of rotatable bonds is 5. The Hall–Kier alpha value is -3.28. The fourth-order valence-electron chi connectivity index (χ4n) is 2.22. The van der Waals surface area contributed by atoms with Gasteiger partial charge in [-0.25, -0.2) is 0 Å². The normalized spacial score (nSPS) is 10.2. The number of aromatic amines is 1. The summed E-state index contributed by atoms with van der Waals surface area (Å²) in [4.78, 5) is 12.3. The number of carbonyl (C=O) groups is 1. The molecule has 0 saturated heterocycles. The quantitative estimate of drug-likeness (QED) is 0.755. The van der Waals surface area contributed by atoms with Gasteiger partial charge in [0.2, 0.25) is 0 Å². The number of H-pyrrole nitrogens is 1. The second kappa shape index (κ2) is 6.87. The van der Waals surface area contributed by atoms with Gasteiger partial charge in [0.25, 0.3) is 5.91 Å². The van der Waals surface area contributed by atoms with Crippen molar-refractivity contribution in [2.45, 2.75) is 0 Å². The molecule has 0 aliphatic heterocycles. The van der Waals surface area contributed by atoms with Crippen LogP contribution in [0.15, 0.2) is 54.6 Å². The molecule has 1 heterocycles. The maximum absolute atomic E-state index is 12.3. The third kappa shape index (κ3) is 3.38. The molecule has 0 aliphatic rings. The van der Waals surface area contributed by atoms with E-state index in [1.54, 1.807) is 44.6 Å². The predicted octanol–water partition coefficient (Wildman–Crippen LogP) is 3.35. The van der Waals surface area contributed by atoms with E-state index in [0.717, 1.165) is 17.1 Å². The third-order valence-corrected chi connectivity index (χ3v) is 3.56. The summed E-state index contributed by atoms with van der Waals surface area (Å²) < 4.78 is 10.2. The van der Waals surface area contributed by atoms with E-state index in [-0.39, 0.29) is 5.91 Å². The number of ether oxygens (including phenoxy) is 2. The minimum absolute atomic E-state index is 0.257. The number of nitrogens with zero attached hydrogens (tertiary/aromatic N) is 1. The summed E-state index contributed by atoms with van der Waals surface area (Å²) in [5.74, 6) is 1.25. The Balaban J connectivity index is 1.72. The first kappa shape index (κ1) is 15.6. The van der Waals surface area contributed by atoms with E-state index in [1.165, 1.54) is 0 Å². The largest absolute Gasteiger partial charge is 0.497 e. The number of methoxy groups -OCH3 is 2. The Bertz CT molecular complexity index is 823. The van der Waals surface area contributed by atoms with Gasteiger partial charge in [-0.15, -0.1) is 0 Å². The molecule has 122 valence electrons. The van der Waals surface area contributed by atoms with Crippen molar-refractivity contribution in [2.24, 2.45) is 0 Å². The fourth-order valence-corrected chi connectivity index (χ4v) is 2.22. The molecular formula is C18H17N3O3. The van der Waals surface area contributed by atoms with Crippen molar-refractivity contribution < 1.29 is 14.3 Å². The zero-order valence-corrected chi connectivity index (χ0v) is 13.4. The van der Waals surface area contributed by atoms with E-state index in [0.29, 0.717) is 17.1 Å². The van der Waals surface area contributed by atoms with Gasteiger partial charge in [0.15, 0.2) is 0 Å². The molecule has 1 aromatic heterocycles. The van der Waals surface area contributed by atoms with E-state index in [4.69, 9.17) is 9.47 Å². The highest BCUT2D eigenvalue weighted by atomic mass is 16.5. The number of amides is 1. The van der Waals surface area contributed by atoms with Crippen molar-refractivity contribution in [1.29, 1.82) is 0 Å². The second-order valence-electron chi connectivity index (χ2n) is 5.08. The maximum Gasteiger partial charge on any atom is 0.273 e. The highest BCUT2D eigenvalue weighted by Gasteiger charge is 2.11. The van der Waals surface area contributed by atoms with Crippen molar-refractivity contribution >= 4 is 11.6 Å². The van der Waals surface area contributed by atoms with Gasteiger partial charge < -0.3 is 14.8 Å². The zero-order chi connectivity index (χ0) is 16.9. The van der Waals surface area contributed by atoms with Crippen molar-refractivity contribution in [3.05, 3.63) is 60.3 Å². The summed E-state index contributed by atoms with van der Waals surface area (Å²) in [7, 11) is 3.21. The summed E-state index contributed by atoms with van der Waals surface area (Å²) >= 11 is 0. The first-order valence-corrected chi connectivity index (χ1v) is 7.35. The lowest BCUT2D eigenvalue weighted by atomic mass is 10.1. The highest BCUT2D eigenvalue weighted by molar-refractivity contribution is 6.03. The fraction of sp³-hybridized carbons (Fsp3) is 0.111. The molecule has 0 spiro atoms. The SMILES string of the molecule is COc1ccc(NC(=O)c2cc(-c3ccc(OC)cc3)n[nH]2)cc1. The van der Waals surface area contributed by atoms with Crippen LogP contribution in [-0.4, -0.2) is 30.3 Å². The van der Waals surface area contributed by atoms with Gasteiger partial charge in [0.05, 0.1) is 19.9 Å². The average molecular weight is 323 g/mol. The number of benzene rings is 2. The molecule has 2 aromatic carbocycles. The molecule has 0 radical (unpaired) electrons. The van der Waals surface area contributed by atoms with Gasteiger partial charge in [-0.05, 0) is 54.6 Å². The monoisotopic (exact) mass is 323 g/mol. The van der Waals surface area contributed by atoms with Crippen LogP contribution in [0.25, 0.3) is 11.3 Å². The Morgan fingerprint density at radius 2 is 1.54 bits per heavy atom. The number of hydrogen-bond donors (Lipinski definition) is 2. The van der Waals surface area contributed by atoms with Crippen LogP contribution in [0.3, 0.4) is 0 Å². The van der Waals surface area contributed by atoms with Gasteiger partial charge in [0, 0.05) is 11.3 Å². The zero-order valence-electron chi connectivity index (χ0n) is 13.4. The van der Waals surface area contributed by atoms with Gasteiger partial charge >= 0.3 is 0 Å². The standard InChI is InChI=1S/C18H17N3O3/c1-23-14-7-3-12(4-8-14)16-11-17(21-20-16)18(22)19-13-5-9-15(24-2)10-6-13/h3-11H,1-2H3,(H,19,22)(H,20,21). The molecule has 0 unspecified atom stereocenters. The molecule has 6 heteroatoms. The van der Waals surface area contributed by atoms with Crippen molar-refractivity contribution in [3.63, 3.8) is 0 Å². The Morgan fingerprint density at radius 1 is 0.958 bits per heavy atom. The number of anilines is 1. The van der Waals surface area contributed by atoms with Gasteiger partial charge in [-0.1, -0.05) is 0 Å². The minimum atomic E-state index is -0.257. The third-order valence-electron chi connectivity index (χ3n) is 3.56. The highest BCUT2D eigenvalue weighted by Crippen LogP contribution is 2.22. The lowest BCUT2D eigenvalue weighted by Gasteiger charge is -2.04. The van der Waals surface area contributed by atoms with Crippen LogP contribution in [0.1, 0.15) is 10.5 Å². The van der Waals surface area contributed by atoms with Crippen LogP contribution in [0.5, 0.6) is 11.5 Å². The van der Waals surface area contributed by atoms with Gasteiger partial charge in [0.1, 0.15) is 17.2 Å². The predicted molar refractivity (Wildman–Crippen MR) is 91.5 cm³/mol. The molecule has 3 rings (SSSR count). The summed E-state index contributed by atoms with van der Waals surface area (Å²) in [6.45, 7) is 0. The molecule has 0 aliphatic carbocycles. The smallest absolute Gasteiger partial charge is 0.273 e. The van der Waals surface area contributed by atoms with Crippen LogP contribution in [0.2, 0.25) is 0 Å². The van der Waals surface area contributed by atoms with Crippen LogP contribution in [0, 0.1) is 0 Å². The summed E-state index contributed by atoms with van der Waals surface area (Å²) in [6, 6.07) is 16.3. The van der Waals surface area contributed by atoms with Crippen molar-refractivity contribution in [2.75, 3.05) is 19.5 Å². The topological polar surface area (TPSA) is 76.2 Å². The Morgan fingerprint density at radius 3 is 2.12 bits per heavy atom. The van der Waals surface area contributed by atoms with Crippen LogP contribution < -0.4 is 14.8 Å². The van der Waals surface area contributed by atoms with Crippen LogP contribution >= 0.6 is 0 Å². The summed E-state index contributed by atoms with van der Waals surface area (Å²) in [6.07, 6.45) is 0. The average Bonchev–Trinajstić information content (AvgIpc) is 3.13. The first-order chi connectivity index (χ1) is 11.7. The first-order valence-electron chi connectivity index (χ1n) is 7.35. The maximum atomic E-state index is 12.3. The number of nitrogens with one attached hydrogen (secondary N) is 2. The number of aromatic nitrogens is 2. The second-order valence-corrected chi connectivity index (χ2v) is 5.08. The van der Waals surface area contributed by atoms with E-state index in [2.05, 4.69) is 15.5 Å².